The van der Waals surface area contributed by atoms with Gasteiger partial charge in [-0.3, -0.25) is 0 Å². The Bertz CT molecular complexity index is 879. The summed E-state index contributed by atoms with van der Waals surface area (Å²) in [5.74, 6) is -0.146. The van der Waals surface area contributed by atoms with Gasteiger partial charge in [0.15, 0.2) is 0 Å². The summed E-state index contributed by atoms with van der Waals surface area (Å²) in [4.78, 5) is -0.0518. The molecule has 3 N–H and O–H groups in total. The van der Waals surface area contributed by atoms with Crippen molar-refractivity contribution in [1.29, 1.82) is 0 Å². The lowest BCUT2D eigenvalue weighted by Crippen LogP contribution is -2.28. The van der Waals surface area contributed by atoms with Gasteiger partial charge < -0.3 is 0 Å². The van der Waals surface area contributed by atoms with E-state index in [9.17, 15) is 16.8 Å². The summed E-state index contributed by atoms with van der Waals surface area (Å²) in [5.41, 5.74) is 1.19. The lowest BCUT2D eigenvalue weighted by molar-refractivity contribution is 0.566. The van der Waals surface area contributed by atoms with E-state index in [0.29, 0.717) is 11.1 Å². The molecule has 0 aliphatic rings. The Hall–Kier alpha value is -1.74. The van der Waals surface area contributed by atoms with Gasteiger partial charge >= 0.3 is 0 Å². The normalized spacial score (nSPS) is 13.7. The number of rotatable bonds is 6. The van der Waals surface area contributed by atoms with Crippen molar-refractivity contribution in [2.24, 2.45) is 5.14 Å². The highest BCUT2D eigenvalue weighted by Crippen LogP contribution is 2.18. The van der Waals surface area contributed by atoms with Crippen LogP contribution in [0.15, 0.2) is 59.5 Å². The molecule has 2 aromatic carbocycles. The van der Waals surface area contributed by atoms with E-state index >= 15 is 0 Å². The van der Waals surface area contributed by atoms with Gasteiger partial charge in [-0.25, -0.2) is 26.7 Å². The molecule has 0 fully saturated rings. The van der Waals surface area contributed by atoms with E-state index in [0.717, 1.165) is 0 Å². The molecule has 0 saturated carbocycles. The molecule has 0 aliphatic carbocycles. The van der Waals surface area contributed by atoms with Crippen molar-refractivity contribution in [3.8, 4) is 0 Å². The molecule has 0 spiro atoms. The first-order chi connectivity index (χ1) is 10.7. The molecule has 6 nitrogen and oxygen atoms in total. The van der Waals surface area contributed by atoms with E-state index in [1.54, 1.807) is 37.3 Å². The molecule has 124 valence electrons. The fraction of sp³-hybridized carbons (Fsp3) is 0.200. The first kappa shape index (κ1) is 17.6. The Kier molecular flexibility index (Phi) is 5.20. The largest absolute Gasteiger partial charge is 0.238 e. The molecule has 0 aromatic heterocycles. The first-order valence-corrected chi connectivity index (χ1v) is 10.0. The molecule has 2 aromatic rings. The highest BCUT2D eigenvalue weighted by atomic mass is 32.2. The van der Waals surface area contributed by atoms with Crippen molar-refractivity contribution in [1.82, 2.24) is 4.72 Å². The highest BCUT2D eigenvalue weighted by Gasteiger charge is 2.18. The summed E-state index contributed by atoms with van der Waals surface area (Å²) in [6.45, 7) is 1.64. The Labute approximate surface area is 136 Å². The molecular weight excluding hydrogens is 336 g/mol. The third-order valence-electron chi connectivity index (χ3n) is 3.24. The summed E-state index contributed by atoms with van der Waals surface area (Å²) in [5, 5.41) is 5.09. The predicted octanol–water partition coefficient (Wildman–Crippen LogP) is 1.51. The summed E-state index contributed by atoms with van der Waals surface area (Å²) < 4.78 is 49.7. The second-order valence-electron chi connectivity index (χ2n) is 5.20. The third kappa shape index (κ3) is 5.14. The number of primary sulfonamides is 1. The van der Waals surface area contributed by atoms with E-state index in [-0.39, 0.29) is 10.6 Å². The SMILES string of the molecule is C[C@@H](NS(=O)(=O)Cc1ccccc1)c1cccc(S(N)(=O)=O)c1. The third-order valence-corrected chi connectivity index (χ3v) is 5.58. The Morgan fingerprint density at radius 2 is 1.65 bits per heavy atom. The van der Waals surface area contributed by atoms with Gasteiger partial charge in [-0.2, -0.15) is 0 Å². The molecule has 0 radical (unpaired) electrons. The van der Waals surface area contributed by atoms with Crippen molar-refractivity contribution < 1.29 is 16.8 Å². The molecule has 0 heterocycles. The lowest BCUT2D eigenvalue weighted by Gasteiger charge is -2.15. The fourth-order valence-electron chi connectivity index (χ4n) is 2.13. The summed E-state index contributed by atoms with van der Waals surface area (Å²) in [6.07, 6.45) is 0. The van der Waals surface area contributed by atoms with Crippen molar-refractivity contribution in [3.63, 3.8) is 0 Å². The molecule has 8 heteroatoms. The zero-order valence-corrected chi connectivity index (χ0v) is 14.1. The minimum atomic E-state index is -3.83. The number of nitrogens with two attached hydrogens (primary N) is 1. The number of hydrogen-bond donors (Lipinski definition) is 2. The van der Waals surface area contributed by atoms with Crippen molar-refractivity contribution in [2.45, 2.75) is 23.6 Å². The fourth-order valence-corrected chi connectivity index (χ4v) is 4.09. The highest BCUT2D eigenvalue weighted by molar-refractivity contribution is 7.89. The predicted molar refractivity (Wildman–Crippen MR) is 88.4 cm³/mol. The summed E-state index contributed by atoms with van der Waals surface area (Å²) in [6, 6.07) is 14.1. The molecular formula is C15H18N2O4S2. The van der Waals surface area contributed by atoms with Crippen LogP contribution in [0.5, 0.6) is 0 Å². The van der Waals surface area contributed by atoms with Crippen LogP contribution in [-0.2, 0) is 25.8 Å². The van der Waals surface area contributed by atoms with Gasteiger partial charge in [0.1, 0.15) is 0 Å². The second-order valence-corrected chi connectivity index (χ2v) is 8.52. The monoisotopic (exact) mass is 354 g/mol. The van der Waals surface area contributed by atoms with Crippen molar-refractivity contribution >= 4 is 20.0 Å². The van der Waals surface area contributed by atoms with E-state index in [4.69, 9.17) is 5.14 Å². The maximum atomic E-state index is 12.2. The number of hydrogen-bond acceptors (Lipinski definition) is 4. The minimum absolute atomic E-state index is 0.0518. The zero-order valence-electron chi connectivity index (χ0n) is 12.5. The van der Waals surface area contributed by atoms with Gasteiger partial charge in [0, 0.05) is 6.04 Å². The van der Waals surface area contributed by atoms with E-state index < -0.39 is 26.1 Å². The van der Waals surface area contributed by atoms with Crippen LogP contribution < -0.4 is 9.86 Å². The van der Waals surface area contributed by atoms with Crippen LogP contribution in [0.1, 0.15) is 24.1 Å². The number of nitrogens with one attached hydrogen (secondary N) is 1. The van der Waals surface area contributed by atoms with Gasteiger partial charge in [0.2, 0.25) is 20.0 Å². The topological polar surface area (TPSA) is 106 Å². The Balaban J connectivity index is 2.17. The van der Waals surface area contributed by atoms with Crippen LogP contribution in [-0.4, -0.2) is 16.8 Å². The average molecular weight is 354 g/mol. The van der Waals surface area contributed by atoms with Gasteiger partial charge in [0.25, 0.3) is 0 Å². The van der Waals surface area contributed by atoms with Gasteiger partial charge in [-0.15, -0.1) is 0 Å². The molecule has 0 amide bonds. The summed E-state index contributed by atoms with van der Waals surface area (Å²) >= 11 is 0. The lowest BCUT2D eigenvalue weighted by atomic mass is 10.1. The first-order valence-electron chi connectivity index (χ1n) is 6.84. The average Bonchev–Trinajstić information content (AvgIpc) is 2.46. The van der Waals surface area contributed by atoms with Gasteiger partial charge in [-0.1, -0.05) is 42.5 Å². The van der Waals surface area contributed by atoms with E-state index in [1.807, 2.05) is 6.07 Å². The zero-order chi connectivity index (χ0) is 17.1. The smallest absolute Gasteiger partial charge is 0.225 e. The quantitative estimate of drug-likeness (QED) is 0.820. The molecule has 0 unspecified atom stereocenters. The Morgan fingerprint density at radius 3 is 2.26 bits per heavy atom. The van der Waals surface area contributed by atoms with E-state index in [2.05, 4.69) is 4.72 Å². The molecule has 2 rings (SSSR count). The molecule has 0 aliphatic heterocycles. The van der Waals surface area contributed by atoms with Crippen LogP contribution in [0.2, 0.25) is 0 Å². The van der Waals surface area contributed by atoms with Crippen molar-refractivity contribution in [2.75, 3.05) is 0 Å². The van der Waals surface area contributed by atoms with Gasteiger partial charge in [0.05, 0.1) is 10.6 Å². The minimum Gasteiger partial charge on any atom is -0.225 e. The van der Waals surface area contributed by atoms with Crippen molar-refractivity contribution in [3.05, 3.63) is 65.7 Å². The maximum Gasteiger partial charge on any atom is 0.238 e. The van der Waals surface area contributed by atoms with Crippen LogP contribution in [0.25, 0.3) is 0 Å². The summed E-state index contributed by atoms with van der Waals surface area (Å²) in [7, 11) is -7.39. The molecule has 0 bridgehead atoms. The van der Waals surface area contributed by atoms with Crippen LogP contribution in [0.3, 0.4) is 0 Å². The van der Waals surface area contributed by atoms with Crippen LogP contribution in [0.4, 0.5) is 0 Å². The molecule has 0 saturated heterocycles. The van der Waals surface area contributed by atoms with E-state index in [1.165, 1.54) is 18.2 Å². The second kappa shape index (κ2) is 6.79. The Morgan fingerprint density at radius 1 is 1.00 bits per heavy atom. The molecule has 1 atom stereocenters. The number of sulfonamides is 2. The number of benzene rings is 2. The maximum absolute atomic E-state index is 12.2. The van der Waals surface area contributed by atoms with Gasteiger partial charge in [-0.05, 0) is 30.2 Å². The van der Waals surface area contributed by atoms with Crippen LogP contribution in [0, 0.1) is 0 Å². The molecule has 23 heavy (non-hydrogen) atoms. The standard InChI is InChI=1S/C15H18N2O4S2/c1-12(14-8-5-9-15(10-14)23(16,20)21)17-22(18,19)11-13-6-3-2-4-7-13/h2-10,12,17H,11H2,1H3,(H2,16,20,21)/t12-/m1/s1. The van der Waals surface area contributed by atoms with Crippen LogP contribution >= 0.6 is 0 Å².